The number of piperidine rings is 1. The van der Waals surface area contributed by atoms with Gasteiger partial charge in [-0.15, -0.1) is 0 Å². The molecule has 1 aliphatic heterocycles. The van der Waals surface area contributed by atoms with E-state index >= 15 is 0 Å². The number of nitrogens with one attached hydrogen (secondary N) is 1. The molecule has 0 radical (unpaired) electrons. The molecule has 17 heavy (non-hydrogen) atoms. The predicted molar refractivity (Wildman–Crippen MR) is 70.1 cm³/mol. The SMILES string of the molecule is CCc1ccc(CNC2CCN(CC)CC2)o1. The first kappa shape index (κ1) is 12.7. The van der Waals surface area contributed by atoms with Crippen LogP contribution in [0.2, 0.25) is 0 Å². The molecule has 1 N–H and O–H groups in total. The molecule has 96 valence electrons. The minimum absolute atomic E-state index is 0.660. The maximum atomic E-state index is 5.69. The van der Waals surface area contributed by atoms with Crippen molar-refractivity contribution in [3.8, 4) is 0 Å². The van der Waals surface area contributed by atoms with Crippen molar-refractivity contribution in [3.63, 3.8) is 0 Å². The Morgan fingerprint density at radius 3 is 2.53 bits per heavy atom. The third kappa shape index (κ3) is 3.58. The van der Waals surface area contributed by atoms with Crippen LogP contribution in [0.5, 0.6) is 0 Å². The highest BCUT2D eigenvalue weighted by atomic mass is 16.3. The largest absolute Gasteiger partial charge is 0.465 e. The average Bonchev–Trinajstić information content (AvgIpc) is 2.85. The van der Waals surface area contributed by atoms with Crippen LogP contribution in [0, 0.1) is 0 Å². The summed E-state index contributed by atoms with van der Waals surface area (Å²) in [5, 5.41) is 3.60. The molecule has 1 saturated heterocycles. The van der Waals surface area contributed by atoms with Crippen molar-refractivity contribution < 1.29 is 4.42 Å². The maximum absolute atomic E-state index is 5.69. The van der Waals surface area contributed by atoms with Crippen molar-refractivity contribution in [2.75, 3.05) is 19.6 Å². The van der Waals surface area contributed by atoms with E-state index in [9.17, 15) is 0 Å². The molecule has 0 saturated carbocycles. The number of furan rings is 1. The van der Waals surface area contributed by atoms with Crippen LogP contribution in [0.3, 0.4) is 0 Å². The van der Waals surface area contributed by atoms with E-state index in [1.807, 2.05) is 0 Å². The molecule has 1 aromatic heterocycles. The van der Waals surface area contributed by atoms with E-state index in [0.29, 0.717) is 6.04 Å². The Morgan fingerprint density at radius 1 is 1.24 bits per heavy atom. The Labute approximate surface area is 104 Å². The molecule has 2 rings (SSSR count). The van der Waals surface area contributed by atoms with E-state index in [4.69, 9.17) is 4.42 Å². The molecule has 0 atom stereocenters. The van der Waals surface area contributed by atoms with Gasteiger partial charge in [0, 0.05) is 12.5 Å². The van der Waals surface area contributed by atoms with Crippen molar-refractivity contribution in [3.05, 3.63) is 23.7 Å². The zero-order chi connectivity index (χ0) is 12.1. The lowest BCUT2D eigenvalue weighted by atomic mass is 10.1. The second-order valence-corrected chi connectivity index (χ2v) is 4.81. The highest BCUT2D eigenvalue weighted by molar-refractivity contribution is 5.06. The van der Waals surface area contributed by atoms with E-state index in [-0.39, 0.29) is 0 Å². The predicted octanol–water partition coefficient (Wildman–Crippen LogP) is 2.42. The zero-order valence-electron chi connectivity index (χ0n) is 11.0. The second-order valence-electron chi connectivity index (χ2n) is 4.81. The average molecular weight is 236 g/mol. The van der Waals surface area contributed by atoms with Crippen molar-refractivity contribution in [1.29, 1.82) is 0 Å². The van der Waals surface area contributed by atoms with Gasteiger partial charge in [-0.05, 0) is 44.6 Å². The zero-order valence-corrected chi connectivity index (χ0v) is 11.0. The highest BCUT2D eigenvalue weighted by Gasteiger charge is 2.17. The van der Waals surface area contributed by atoms with Gasteiger partial charge in [-0.1, -0.05) is 13.8 Å². The fourth-order valence-corrected chi connectivity index (χ4v) is 2.41. The summed E-state index contributed by atoms with van der Waals surface area (Å²) in [6.07, 6.45) is 3.50. The lowest BCUT2D eigenvalue weighted by Crippen LogP contribution is -2.42. The van der Waals surface area contributed by atoms with Gasteiger partial charge in [-0.2, -0.15) is 0 Å². The summed E-state index contributed by atoms with van der Waals surface area (Å²) in [6, 6.07) is 4.83. The molecule has 0 bridgehead atoms. The molecule has 0 amide bonds. The van der Waals surface area contributed by atoms with Crippen molar-refractivity contribution >= 4 is 0 Å². The van der Waals surface area contributed by atoms with Crippen molar-refractivity contribution in [2.24, 2.45) is 0 Å². The Bertz CT molecular complexity index is 327. The maximum Gasteiger partial charge on any atom is 0.117 e. The molecule has 2 heterocycles. The van der Waals surface area contributed by atoms with Gasteiger partial charge in [0.1, 0.15) is 11.5 Å². The van der Waals surface area contributed by atoms with Crippen LogP contribution >= 0.6 is 0 Å². The van der Waals surface area contributed by atoms with Gasteiger partial charge in [0.05, 0.1) is 6.54 Å². The fraction of sp³-hybridized carbons (Fsp3) is 0.714. The van der Waals surface area contributed by atoms with E-state index in [1.54, 1.807) is 0 Å². The topological polar surface area (TPSA) is 28.4 Å². The molecule has 0 unspecified atom stereocenters. The number of hydrogen-bond acceptors (Lipinski definition) is 3. The third-order valence-corrected chi connectivity index (χ3v) is 3.67. The normalized spacial score (nSPS) is 18.7. The summed E-state index contributed by atoms with van der Waals surface area (Å²) in [5.74, 6) is 2.15. The molecular formula is C14H24N2O. The van der Waals surface area contributed by atoms with E-state index in [1.165, 1.54) is 32.5 Å². The summed E-state index contributed by atoms with van der Waals surface area (Å²) < 4.78 is 5.69. The summed E-state index contributed by atoms with van der Waals surface area (Å²) in [7, 11) is 0. The summed E-state index contributed by atoms with van der Waals surface area (Å²) in [5.41, 5.74) is 0. The number of aryl methyl sites for hydroxylation is 1. The lowest BCUT2D eigenvalue weighted by Gasteiger charge is -2.31. The van der Waals surface area contributed by atoms with Gasteiger partial charge < -0.3 is 14.6 Å². The summed E-state index contributed by atoms with van der Waals surface area (Å²) in [4.78, 5) is 2.51. The molecule has 0 aromatic carbocycles. The third-order valence-electron chi connectivity index (χ3n) is 3.67. The van der Waals surface area contributed by atoms with Crippen LogP contribution < -0.4 is 5.32 Å². The smallest absolute Gasteiger partial charge is 0.117 e. The Morgan fingerprint density at radius 2 is 1.94 bits per heavy atom. The molecule has 0 aliphatic carbocycles. The lowest BCUT2D eigenvalue weighted by molar-refractivity contribution is 0.204. The summed E-state index contributed by atoms with van der Waals surface area (Å²) >= 11 is 0. The molecule has 3 heteroatoms. The highest BCUT2D eigenvalue weighted by Crippen LogP contribution is 2.12. The van der Waals surface area contributed by atoms with Gasteiger partial charge in [-0.25, -0.2) is 0 Å². The first-order chi connectivity index (χ1) is 8.31. The fourth-order valence-electron chi connectivity index (χ4n) is 2.41. The molecule has 1 fully saturated rings. The van der Waals surface area contributed by atoms with Crippen LogP contribution in [0.4, 0.5) is 0 Å². The Balaban J connectivity index is 1.72. The quantitative estimate of drug-likeness (QED) is 0.851. The standard InChI is InChI=1S/C14H24N2O/c1-3-13-5-6-14(17-13)11-15-12-7-9-16(4-2)10-8-12/h5-6,12,15H,3-4,7-11H2,1-2H3. The van der Waals surface area contributed by atoms with Gasteiger partial charge >= 0.3 is 0 Å². The van der Waals surface area contributed by atoms with Gasteiger partial charge in [0.2, 0.25) is 0 Å². The number of hydrogen-bond donors (Lipinski definition) is 1. The van der Waals surface area contributed by atoms with Gasteiger partial charge in [-0.3, -0.25) is 0 Å². The number of nitrogens with zero attached hydrogens (tertiary/aromatic N) is 1. The van der Waals surface area contributed by atoms with E-state index in [0.717, 1.165) is 24.5 Å². The monoisotopic (exact) mass is 236 g/mol. The van der Waals surface area contributed by atoms with Gasteiger partial charge in [0.25, 0.3) is 0 Å². The van der Waals surface area contributed by atoms with E-state index < -0.39 is 0 Å². The molecule has 1 aliphatic rings. The first-order valence-corrected chi connectivity index (χ1v) is 6.85. The molecule has 1 aromatic rings. The first-order valence-electron chi connectivity index (χ1n) is 6.85. The van der Waals surface area contributed by atoms with Crippen molar-refractivity contribution in [2.45, 2.75) is 45.7 Å². The Hall–Kier alpha value is -0.800. The minimum atomic E-state index is 0.660. The van der Waals surface area contributed by atoms with Crippen LogP contribution in [-0.2, 0) is 13.0 Å². The van der Waals surface area contributed by atoms with Crippen LogP contribution in [0.15, 0.2) is 16.5 Å². The van der Waals surface area contributed by atoms with Crippen LogP contribution in [-0.4, -0.2) is 30.6 Å². The van der Waals surface area contributed by atoms with Crippen LogP contribution in [0.25, 0.3) is 0 Å². The molecule has 3 nitrogen and oxygen atoms in total. The Kier molecular flexibility index (Phi) is 4.63. The molecule has 0 spiro atoms. The minimum Gasteiger partial charge on any atom is -0.465 e. The number of rotatable bonds is 5. The summed E-state index contributed by atoms with van der Waals surface area (Å²) in [6.45, 7) is 8.88. The van der Waals surface area contributed by atoms with Gasteiger partial charge in [0.15, 0.2) is 0 Å². The van der Waals surface area contributed by atoms with Crippen LogP contribution in [0.1, 0.15) is 38.2 Å². The van der Waals surface area contributed by atoms with E-state index in [2.05, 4.69) is 36.2 Å². The van der Waals surface area contributed by atoms with Crippen molar-refractivity contribution in [1.82, 2.24) is 10.2 Å². The molecular weight excluding hydrogens is 212 g/mol. The number of likely N-dealkylation sites (tertiary alicyclic amines) is 1. The second kappa shape index (κ2) is 6.22.